The van der Waals surface area contributed by atoms with Gasteiger partial charge in [0.1, 0.15) is 0 Å². The van der Waals surface area contributed by atoms with Crippen molar-refractivity contribution in [1.82, 2.24) is 15.0 Å². The van der Waals surface area contributed by atoms with E-state index < -0.39 is 31.6 Å². The zero-order valence-electron chi connectivity index (χ0n) is 29.7. The SMILES string of the molecule is CC(C)=CCC/C(C)=C/CN1C(=O)[C@]2(O[C@H](CCn3cc(CCO)nn3)[C@@H]([Si](C)(C)F)[C@@H]2C)c2cc(N3CCCCCCC3=O)ccc21. The quantitative estimate of drug-likeness (QED) is 0.147. The normalized spacial score (nSPS) is 25.1. The van der Waals surface area contributed by atoms with Gasteiger partial charge < -0.3 is 23.8 Å². The van der Waals surface area contributed by atoms with Gasteiger partial charge in [0.2, 0.25) is 14.3 Å². The Morgan fingerprint density at radius 3 is 2.65 bits per heavy atom. The topological polar surface area (TPSA) is 101 Å². The van der Waals surface area contributed by atoms with Gasteiger partial charge in [0.05, 0.1) is 17.5 Å². The molecular formula is C37H54FN5O4Si. The Kier molecular flexibility index (Phi) is 11.4. The molecule has 2 fully saturated rings. The molecule has 11 heteroatoms. The van der Waals surface area contributed by atoms with E-state index >= 15 is 4.11 Å². The third-order valence-corrected chi connectivity index (χ3v) is 12.8. The molecule has 0 bridgehead atoms. The number of ether oxygens (including phenoxy) is 1. The van der Waals surface area contributed by atoms with Crippen LogP contribution in [-0.2, 0) is 32.9 Å². The summed E-state index contributed by atoms with van der Waals surface area (Å²) in [5.41, 5.74) is 3.65. The molecule has 48 heavy (non-hydrogen) atoms. The van der Waals surface area contributed by atoms with E-state index in [1.165, 1.54) is 11.1 Å². The first-order valence-electron chi connectivity index (χ1n) is 17.8. The summed E-state index contributed by atoms with van der Waals surface area (Å²) in [4.78, 5) is 31.8. The fraction of sp³-hybridized carbons (Fsp3) is 0.622. The predicted octanol–water partition coefficient (Wildman–Crippen LogP) is 7.01. The minimum Gasteiger partial charge on any atom is -0.396 e. The van der Waals surface area contributed by atoms with Crippen molar-refractivity contribution in [3.05, 3.63) is 59.0 Å². The molecule has 4 atom stereocenters. The van der Waals surface area contributed by atoms with Crippen molar-refractivity contribution in [2.24, 2.45) is 5.92 Å². The number of rotatable bonds is 12. The van der Waals surface area contributed by atoms with Crippen molar-refractivity contribution < 1.29 is 23.5 Å². The van der Waals surface area contributed by atoms with Crippen molar-refractivity contribution in [2.45, 2.75) is 122 Å². The monoisotopic (exact) mass is 679 g/mol. The van der Waals surface area contributed by atoms with Crippen molar-refractivity contribution in [2.75, 3.05) is 29.5 Å². The maximum atomic E-state index is 16.4. The van der Waals surface area contributed by atoms with Crippen LogP contribution in [0.25, 0.3) is 0 Å². The van der Waals surface area contributed by atoms with Crippen molar-refractivity contribution in [3.63, 3.8) is 0 Å². The Bertz CT molecular complexity index is 1530. The predicted molar refractivity (Wildman–Crippen MR) is 190 cm³/mol. The number of aryl methyl sites for hydroxylation is 1. The van der Waals surface area contributed by atoms with Crippen molar-refractivity contribution >= 4 is 31.6 Å². The average molecular weight is 680 g/mol. The summed E-state index contributed by atoms with van der Waals surface area (Å²) in [7, 11) is -3.35. The number of allylic oxidation sites excluding steroid dienone is 3. The van der Waals surface area contributed by atoms with Gasteiger partial charge in [-0.05, 0) is 84.2 Å². The summed E-state index contributed by atoms with van der Waals surface area (Å²) < 4.78 is 25.1. The number of anilines is 2. The van der Waals surface area contributed by atoms with Crippen LogP contribution in [-0.4, -0.2) is 66.1 Å². The van der Waals surface area contributed by atoms with Crippen molar-refractivity contribution in [3.8, 4) is 0 Å². The molecule has 3 aliphatic heterocycles. The van der Waals surface area contributed by atoms with Crippen LogP contribution in [0.2, 0.25) is 18.6 Å². The molecule has 2 aromatic rings. The van der Waals surface area contributed by atoms with Crippen LogP contribution >= 0.6 is 0 Å². The molecule has 3 aliphatic rings. The van der Waals surface area contributed by atoms with Crippen LogP contribution in [0, 0.1) is 5.92 Å². The third kappa shape index (κ3) is 7.53. The number of nitrogens with zero attached hydrogens (tertiary/aromatic N) is 5. The summed E-state index contributed by atoms with van der Waals surface area (Å²) in [5, 5.41) is 17.6. The summed E-state index contributed by atoms with van der Waals surface area (Å²) in [6.07, 6.45) is 12.8. The highest BCUT2D eigenvalue weighted by Gasteiger charge is 2.66. The van der Waals surface area contributed by atoms with Crippen LogP contribution in [0.15, 0.2) is 47.7 Å². The first-order chi connectivity index (χ1) is 22.9. The largest absolute Gasteiger partial charge is 0.396 e. The molecule has 1 spiro atoms. The number of halogens is 1. The molecule has 2 amide bonds. The van der Waals surface area contributed by atoms with Gasteiger partial charge in [0, 0.05) is 68.0 Å². The zero-order chi connectivity index (χ0) is 34.6. The standard InChI is InChI=1S/C37H54FN5O4Si/c1-26(2)12-11-13-27(3)17-22-43-32-16-15-30(42-20-10-8-7-9-14-34(42)45)24-31(32)37(36(43)46)28(4)35(48(5,6)38)33(47-37)18-21-41-25-29(19-23-44)39-40-41/h12,15-17,24-25,28,33,35,44H,7-11,13-14,18-23H2,1-6H3/b27-17+/t28-,33+,35-,37+/m0/s1. The minimum absolute atomic E-state index is 0.0125. The third-order valence-electron chi connectivity index (χ3n) is 10.4. The number of aliphatic hydroxyl groups is 1. The summed E-state index contributed by atoms with van der Waals surface area (Å²) in [6, 6.07) is 5.91. The Hall–Kier alpha value is -3.15. The Morgan fingerprint density at radius 2 is 1.92 bits per heavy atom. The van der Waals surface area contributed by atoms with E-state index in [-0.39, 0.29) is 18.4 Å². The molecular weight excluding hydrogens is 626 g/mol. The van der Waals surface area contributed by atoms with Gasteiger partial charge in [0.25, 0.3) is 5.91 Å². The van der Waals surface area contributed by atoms with Crippen LogP contribution in [0.4, 0.5) is 15.5 Å². The van der Waals surface area contributed by atoms with Crippen molar-refractivity contribution in [1.29, 1.82) is 0 Å². The second-order valence-corrected chi connectivity index (χ2v) is 18.5. The van der Waals surface area contributed by atoms with Gasteiger partial charge in [0.15, 0.2) is 5.60 Å². The van der Waals surface area contributed by atoms with E-state index in [9.17, 15) is 14.7 Å². The number of carbonyl (C=O) groups is 2. The highest BCUT2D eigenvalue weighted by Crippen LogP contribution is 2.60. The van der Waals surface area contributed by atoms with E-state index in [4.69, 9.17) is 4.74 Å². The highest BCUT2D eigenvalue weighted by atomic mass is 28.4. The van der Waals surface area contributed by atoms with Crippen LogP contribution in [0.5, 0.6) is 0 Å². The molecule has 262 valence electrons. The molecule has 1 aromatic carbocycles. The van der Waals surface area contributed by atoms with E-state index in [0.717, 1.165) is 55.5 Å². The lowest BCUT2D eigenvalue weighted by atomic mass is 9.82. The summed E-state index contributed by atoms with van der Waals surface area (Å²) >= 11 is 0. The molecule has 0 unspecified atom stereocenters. The Labute approximate surface area is 286 Å². The number of hydrogen-bond acceptors (Lipinski definition) is 6. The molecule has 2 saturated heterocycles. The fourth-order valence-electron chi connectivity index (χ4n) is 7.96. The Balaban J connectivity index is 1.53. The van der Waals surface area contributed by atoms with Crippen LogP contribution in [0.3, 0.4) is 0 Å². The first kappa shape index (κ1) is 36.1. The molecule has 0 saturated carbocycles. The Morgan fingerprint density at radius 1 is 1.15 bits per heavy atom. The van der Waals surface area contributed by atoms with Crippen LogP contribution < -0.4 is 9.80 Å². The maximum Gasteiger partial charge on any atom is 0.264 e. The number of aromatic nitrogens is 3. The molecule has 5 rings (SSSR count). The molecule has 4 heterocycles. The van der Waals surface area contributed by atoms with Gasteiger partial charge in [-0.15, -0.1) is 5.10 Å². The number of amides is 2. The number of hydrogen-bond donors (Lipinski definition) is 1. The first-order valence-corrected chi connectivity index (χ1v) is 20.7. The van der Waals surface area contributed by atoms with Gasteiger partial charge in [-0.1, -0.05) is 48.3 Å². The zero-order valence-corrected chi connectivity index (χ0v) is 30.7. The van der Waals surface area contributed by atoms with E-state index in [1.54, 1.807) is 28.9 Å². The second kappa shape index (κ2) is 15.2. The minimum atomic E-state index is -3.35. The van der Waals surface area contributed by atoms with Gasteiger partial charge in [-0.25, -0.2) is 0 Å². The van der Waals surface area contributed by atoms with E-state index in [0.29, 0.717) is 44.6 Å². The molecule has 1 aromatic heterocycles. The number of carbonyl (C=O) groups excluding carboxylic acids is 2. The molecule has 1 N–H and O–H groups in total. The van der Waals surface area contributed by atoms with E-state index in [1.807, 2.05) is 30.0 Å². The lowest BCUT2D eigenvalue weighted by Crippen LogP contribution is -2.45. The molecule has 0 aliphatic carbocycles. The number of aliphatic hydroxyl groups excluding tert-OH is 1. The smallest absolute Gasteiger partial charge is 0.264 e. The average Bonchev–Trinajstić information content (AvgIpc) is 3.66. The number of benzene rings is 1. The number of fused-ring (bicyclic) bond motifs is 2. The highest BCUT2D eigenvalue weighted by molar-refractivity contribution is 6.72. The van der Waals surface area contributed by atoms with Crippen LogP contribution in [0.1, 0.15) is 90.3 Å². The summed E-state index contributed by atoms with van der Waals surface area (Å²) in [6.45, 7) is 13.2. The van der Waals surface area contributed by atoms with Gasteiger partial charge in [-0.2, -0.15) is 0 Å². The van der Waals surface area contributed by atoms with Gasteiger partial charge in [-0.3, -0.25) is 14.3 Å². The lowest BCUT2D eigenvalue weighted by molar-refractivity contribution is -0.145. The summed E-state index contributed by atoms with van der Waals surface area (Å²) in [5.74, 6) is -0.486. The lowest BCUT2D eigenvalue weighted by Gasteiger charge is -2.31. The van der Waals surface area contributed by atoms with E-state index in [2.05, 4.69) is 43.2 Å². The maximum absolute atomic E-state index is 16.4. The fourth-order valence-corrected chi connectivity index (χ4v) is 10.5. The molecule has 0 radical (unpaired) electrons. The molecule has 9 nitrogen and oxygen atoms in total. The second-order valence-electron chi connectivity index (χ2n) is 14.7. The van der Waals surface area contributed by atoms with Gasteiger partial charge >= 0.3 is 0 Å².